The highest BCUT2D eigenvalue weighted by Gasteiger charge is 2.08. The smallest absolute Gasteiger partial charge is 0.316 e. The Bertz CT molecular complexity index is 915. The van der Waals surface area contributed by atoms with Crippen molar-refractivity contribution < 1.29 is 9.59 Å². The number of nitrogens with two attached hydrogens (primary N) is 1. The van der Waals surface area contributed by atoms with Gasteiger partial charge in [0.15, 0.2) is 0 Å². The molecule has 0 saturated carbocycles. The monoisotopic (exact) mass is 337 g/mol. The second-order valence-corrected chi connectivity index (χ2v) is 5.62. The average molecular weight is 337 g/mol. The molecule has 0 spiro atoms. The molecular weight excluding hydrogens is 318 g/mol. The third-order valence-corrected chi connectivity index (χ3v) is 3.88. The van der Waals surface area contributed by atoms with Crippen LogP contribution in [0.5, 0.6) is 0 Å². The van der Waals surface area contributed by atoms with E-state index in [0.29, 0.717) is 24.3 Å². The van der Waals surface area contributed by atoms with Crippen LogP contribution in [0.25, 0.3) is 11.0 Å². The van der Waals surface area contributed by atoms with E-state index in [2.05, 4.69) is 20.2 Å². The maximum atomic E-state index is 12.2. The zero-order valence-corrected chi connectivity index (χ0v) is 13.8. The van der Waals surface area contributed by atoms with Gasteiger partial charge in [-0.1, -0.05) is 12.1 Å². The van der Waals surface area contributed by atoms with Gasteiger partial charge < -0.3 is 20.9 Å². The van der Waals surface area contributed by atoms with Crippen molar-refractivity contribution in [1.82, 2.24) is 14.9 Å². The molecule has 1 heterocycles. The fourth-order valence-corrected chi connectivity index (χ4v) is 2.71. The molecule has 0 fully saturated rings. The molecule has 4 N–H and O–H groups in total. The van der Waals surface area contributed by atoms with Crippen molar-refractivity contribution in [2.24, 2.45) is 5.73 Å². The number of carbonyl (C=O) groups excluding carboxylic acids is 2. The number of aromatic nitrogens is 2. The lowest BCUT2D eigenvalue weighted by Gasteiger charge is -2.09. The Hall–Kier alpha value is -3.35. The highest BCUT2D eigenvalue weighted by Crippen LogP contribution is 2.15. The van der Waals surface area contributed by atoms with Crippen molar-refractivity contribution in [2.75, 3.05) is 11.9 Å². The Morgan fingerprint density at radius 2 is 1.84 bits per heavy atom. The van der Waals surface area contributed by atoms with Crippen LogP contribution in [0, 0.1) is 6.92 Å². The molecule has 7 heteroatoms. The predicted molar refractivity (Wildman–Crippen MR) is 96.5 cm³/mol. The first kappa shape index (κ1) is 16.5. The molecule has 7 nitrogen and oxygen atoms in total. The summed E-state index contributed by atoms with van der Waals surface area (Å²) in [7, 11) is 0. The third kappa shape index (κ3) is 3.77. The van der Waals surface area contributed by atoms with Crippen LogP contribution in [0.2, 0.25) is 0 Å². The summed E-state index contributed by atoms with van der Waals surface area (Å²) in [5.74, 6) is 0.741. The Morgan fingerprint density at radius 3 is 2.56 bits per heavy atom. The number of nitrogens with zero attached hydrogens (tertiary/aromatic N) is 2. The average Bonchev–Trinajstić information content (AvgIpc) is 2.90. The van der Waals surface area contributed by atoms with Gasteiger partial charge in [0.1, 0.15) is 5.82 Å². The van der Waals surface area contributed by atoms with E-state index < -0.39 is 6.03 Å². The summed E-state index contributed by atoms with van der Waals surface area (Å²) in [6, 6.07) is 13.8. The Kier molecular flexibility index (Phi) is 4.65. The number of primary amides is 1. The van der Waals surface area contributed by atoms with E-state index in [1.165, 1.54) is 0 Å². The van der Waals surface area contributed by atoms with Gasteiger partial charge in [-0.2, -0.15) is 0 Å². The highest BCUT2D eigenvalue weighted by molar-refractivity contribution is 5.95. The molecule has 3 rings (SSSR count). The Balaban J connectivity index is 1.60. The molecule has 25 heavy (non-hydrogen) atoms. The van der Waals surface area contributed by atoms with E-state index in [9.17, 15) is 9.59 Å². The SMILES string of the molecule is Cc1nc2ccccc2n1CCNC(=O)c1ccc(NC(N)=O)cc1. The summed E-state index contributed by atoms with van der Waals surface area (Å²) >= 11 is 0. The minimum absolute atomic E-state index is 0.173. The Labute approximate surface area is 144 Å². The van der Waals surface area contributed by atoms with Crippen LogP contribution in [-0.4, -0.2) is 28.0 Å². The number of urea groups is 1. The number of imidazole rings is 1. The first-order chi connectivity index (χ1) is 12.0. The summed E-state index contributed by atoms with van der Waals surface area (Å²) in [5.41, 5.74) is 8.11. The predicted octanol–water partition coefficient (Wildman–Crippen LogP) is 2.27. The number of hydrogen-bond acceptors (Lipinski definition) is 3. The van der Waals surface area contributed by atoms with E-state index in [1.807, 2.05) is 31.2 Å². The first-order valence-corrected chi connectivity index (χ1v) is 7.91. The summed E-state index contributed by atoms with van der Waals surface area (Å²) in [5, 5.41) is 5.34. The minimum atomic E-state index is -0.639. The summed E-state index contributed by atoms with van der Waals surface area (Å²) in [4.78, 5) is 27.5. The van der Waals surface area contributed by atoms with Crippen LogP contribution >= 0.6 is 0 Å². The van der Waals surface area contributed by atoms with Crippen molar-refractivity contribution in [3.05, 3.63) is 59.9 Å². The molecule has 0 aliphatic carbocycles. The molecular formula is C18H19N5O2. The van der Waals surface area contributed by atoms with Crippen LogP contribution < -0.4 is 16.4 Å². The number of hydrogen-bond donors (Lipinski definition) is 3. The van der Waals surface area contributed by atoms with Gasteiger partial charge in [0, 0.05) is 24.3 Å². The largest absolute Gasteiger partial charge is 0.351 e. The van der Waals surface area contributed by atoms with Crippen LogP contribution in [-0.2, 0) is 6.54 Å². The van der Waals surface area contributed by atoms with E-state index in [4.69, 9.17) is 5.73 Å². The van der Waals surface area contributed by atoms with Gasteiger partial charge in [-0.15, -0.1) is 0 Å². The molecule has 0 unspecified atom stereocenters. The molecule has 1 aromatic heterocycles. The van der Waals surface area contributed by atoms with E-state index in [-0.39, 0.29) is 5.91 Å². The number of nitrogens with one attached hydrogen (secondary N) is 2. The normalized spacial score (nSPS) is 10.6. The highest BCUT2D eigenvalue weighted by atomic mass is 16.2. The molecule has 0 saturated heterocycles. The zero-order valence-electron chi connectivity index (χ0n) is 13.8. The topological polar surface area (TPSA) is 102 Å². The van der Waals surface area contributed by atoms with Crippen molar-refractivity contribution in [3.8, 4) is 0 Å². The number of benzene rings is 2. The number of carbonyl (C=O) groups is 2. The molecule has 0 radical (unpaired) electrons. The second-order valence-electron chi connectivity index (χ2n) is 5.62. The van der Waals surface area contributed by atoms with Crippen LogP contribution in [0.15, 0.2) is 48.5 Å². The van der Waals surface area contributed by atoms with Gasteiger partial charge in [-0.3, -0.25) is 4.79 Å². The third-order valence-electron chi connectivity index (χ3n) is 3.88. The first-order valence-electron chi connectivity index (χ1n) is 7.91. The summed E-state index contributed by atoms with van der Waals surface area (Å²) in [6.45, 7) is 3.08. The maximum Gasteiger partial charge on any atom is 0.316 e. The van der Waals surface area contributed by atoms with E-state index >= 15 is 0 Å². The van der Waals surface area contributed by atoms with Crippen molar-refractivity contribution in [2.45, 2.75) is 13.5 Å². The summed E-state index contributed by atoms with van der Waals surface area (Å²) in [6.07, 6.45) is 0. The van der Waals surface area contributed by atoms with Crippen LogP contribution in [0.1, 0.15) is 16.2 Å². The molecule has 0 aliphatic rings. The fourth-order valence-electron chi connectivity index (χ4n) is 2.71. The molecule has 3 amide bonds. The van der Waals surface area contributed by atoms with Crippen molar-refractivity contribution in [1.29, 1.82) is 0 Å². The van der Waals surface area contributed by atoms with Crippen molar-refractivity contribution in [3.63, 3.8) is 0 Å². The quantitative estimate of drug-likeness (QED) is 0.665. The zero-order chi connectivity index (χ0) is 17.8. The van der Waals surface area contributed by atoms with Gasteiger partial charge in [-0.05, 0) is 43.3 Å². The van der Waals surface area contributed by atoms with Gasteiger partial charge in [-0.25, -0.2) is 9.78 Å². The van der Waals surface area contributed by atoms with Gasteiger partial charge in [0.25, 0.3) is 5.91 Å². The second kappa shape index (κ2) is 7.04. The number of para-hydroxylation sites is 2. The lowest BCUT2D eigenvalue weighted by Crippen LogP contribution is -2.27. The number of amides is 3. The number of aryl methyl sites for hydroxylation is 1. The molecule has 0 atom stereocenters. The van der Waals surface area contributed by atoms with E-state index in [0.717, 1.165) is 16.9 Å². The lowest BCUT2D eigenvalue weighted by atomic mass is 10.2. The molecule has 2 aromatic carbocycles. The molecule has 128 valence electrons. The number of anilines is 1. The minimum Gasteiger partial charge on any atom is -0.351 e. The Morgan fingerprint density at radius 1 is 1.12 bits per heavy atom. The van der Waals surface area contributed by atoms with E-state index in [1.54, 1.807) is 24.3 Å². The number of fused-ring (bicyclic) bond motifs is 1. The molecule has 0 aliphatic heterocycles. The van der Waals surface area contributed by atoms with Crippen molar-refractivity contribution >= 4 is 28.7 Å². The van der Waals surface area contributed by atoms with Gasteiger partial charge in [0.2, 0.25) is 0 Å². The maximum absolute atomic E-state index is 12.2. The van der Waals surface area contributed by atoms with Crippen LogP contribution in [0.3, 0.4) is 0 Å². The standard InChI is InChI=1S/C18H19N5O2/c1-12-21-15-4-2-3-5-16(15)23(12)11-10-20-17(24)13-6-8-14(9-7-13)22-18(19)25/h2-9H,10-11H2,1H3,(H,20,24)(H3,19,22,25). The van der Waals surface area contributed by atoms with Crippen LogP contribution in [0.4, 0.5) is 10.5 Å². The number of rotatable bonds is 5. The lowest BCUT2D eigenvalue weighted by molar-refractivity contribution is 0.0952. The van der Waals surface area contributed by atoms with Gasteiger partial charge >= 0.3 is 6.03 Å². The molecule has 0 bridgehead atoms. The molecule has 3 aromatic rings. The summed E-state index contributed by atoms with van der Waals surface area (Å²) < 4.78 is 2.08. The fraction of sp³-hybridized carbons (Fsp3) is 0.167. The van der Waals surface area contributed by atoms with Gasteiger partial charge in [0.05, 0.1) is 11.0 Å².